The van der Waals surface area contributed by atoms with Gasteiger partial charge in [-0.1, -0.05) is 11.8 Å². The van der Waals surface area contributed by atoms with Gasteiger partial charge in [0.05, 0.1) is 5.56 Å². The average molecular weight is 252 g/mol. The van der Waals surface area contributed by atoms with Crippen LogP contribution in [0, 0.1) is 11.8 Å². The summed E-state index contributed by atoms with van der Waals surface area (Å²) in [6.07, 6.45) is 0. The lowest BCUT2D eigenvalue weighted by Gasteiger charge is -2.00. The summed E-state index contributed by atoms with van der Waals surface area (Å²) in [7, 11) is 0. The number of nitrogen functional groups attached to an aromatic ring is 2. The van der Waals surface area contributed by atoms with Crippen LogP contribution < -0.4 is 11.5 Å². The van der Waals surface area contributed by atoms with Crippen LogP contribution in [0.1, 0.15) is 21.5 Å². The molecule has 0 saturated carbocycles. The van der Waals surface area contributed by atoms with Crippen LogP contribution in [0.2, 0.25) is 0 Å². The van der Waals surface area contributed by atoms with Gasteiger partial charge in [-0.3, -0.25) is 0 Å². The lowest BCUT2D eigenvalue weighted by molar-refractivity contribution is 0.0698. The summed E-state index contributed by atoms with van der Waals surface area (Å²) in [5, 5.41) is 8.96. The molecule has 0 saturated heterocycles. The van der Waals surface area contributed by atoms with Crippen molar-refractivity contribution < 1.29 is 9.90 Å². The lowest BCUT2D eigenvalue weighted by Crippen LogP contribution is -2.02. The smallest absolute Gasteiger partial charge is 0.337 e. The van der Waals surface area contributed by atoms with Gasteiger partial charge in [-0.2, -0.15) is 0 Å². The molecule has 0 aromatic heterocycles. The molecule has 2 aromatic rings. The predicted octanol–water partition coefficient (Wildman–Crippen LogP) is 1.95. The summed E-state index contributed by atoms with van der Waals surface area (Å²) in [6, 6.07) is 11.8. The molecule has 0 unspecified atom stereocenters. The first kappa shape index (κ1) is 12.5. The van der Waals surface area contributed by atoms with E-state index in [0.29, 0.717) is 11.3 Å². The molecule has 0 aliphatic rings. The van der Waals surface area contributed by atoms with E-state index in [1.165, 1.54) is 12.1 Å². The number of rotatable bonds is 1. The van der Waals surface area contributed by atoms with Crippen molar-refractivity contribution in [2.24, 2.45) is 0 Å². The van der Waals surface area contributed by atoms with Gasteiger partial charge in [0.2, 0.25) is 0 Å². The van der Waals surface area contributed by atoms with Crippen LogP contribution >= 0.6 is 0 Å². The van der Waals surface area contributed by atoms with Crippen molar-refractivity contribution in [3.05, 3.63) is 59.2 Å². The number of carboxylic acids is 1. The number of aromatic carboxylic acids is 1. The molecular weight excluding hydrogens is 240 g/mol. The second-order valence-corrected chi connectivity index (χ2v) is 3.98. The van der Waals surface area contributed by atoms with E-state index in [0.717, 1.165) is 5.56 Å². The minimum atomic E-state index is -1.06. The van der Waals surface area contributed by atoms with Crippen LogP contribution in [0.4, 0.5) is 11.4 Å². The zero-order valence-electron chi connectivity index (χ0n) is 10.1. The highest BCUT2D eigenvalue weighted by molar-refractivity contribution is 5.94. The second kappa shape index (κ2) is 5.15. The van der Waals surface area contributed by atoms with Gasteiger partial charge in [0.15, 0.2) is 0 Å². The Hall–Kier alpha value is -2.93. The van der Waals surface area contributed by atoms with Crippen molar-refractivity contribution in [3.8, 4) is 11.8 Å². The van der Waals surface area contributed by atoms with Crippen LogP contribution in [0.25, 0.3) is 0 Å². The molecule has 0 heterocycles. The Morgan fingerprint density at radius 2 is 1.53 bits per heavy atom. The highest BCUT2D eigenvalue weighted by Gasteiger charge is 2.07. The van der Waals surface area contributed by atoms with E-state index < -0.39 is 5.97 Å². The Morgan fingerprint density at radius 1 is 0.947 bits per heavy atom. The number of carbonyl (C=O) groups is 1. The molecule has 94 valence electrons. The molecule has 4 nitrogen and oxygen atoms in total. The molecule has 4 heteroatoms. The first-order valence-corrected chi connectivity index (χ1v) is 5.56. The molecule has 2 rings (SSSR count). The van der Waals surface area contributed by atoms with Gasteiger partial charge >= 0.3 is 5.97 Å². The molecule has 19 heavy (non-hydrogen) atoms. The summed E-state index contributed by atoms with van der Waals surface area (Å²) in [6.45, 7) is 0. The monoisotopic (exact) mass is 252 g/mol. The van der Waals surface area contributed by atoms with Gasteiger partial charge in [-0.15, -0.1) is 0 Å². The Morgan fingerprint density at radius 3 is 2.16 bits per heavy atom. The first-order valence-electron chi connectivity index (χ1n) is 5.56. The number of nitrogens with two attached hydrogens (primary N) is 2. The molecular formula is C15H12N2O2. The van der Waals surface area contributed by atoms with Crippen LogP contribution in [0.15, 0.2) is 42.5 Å². The molecule has 0 aliphatic carbocycles. The van der Waals surface area contributed by atoms with Gasteiger partial charge in [0.1, 0.15) is 0 Å². The van der Waals surface area contributed by atoms with Gasteiger partial charge < -0.3 is 16.6 Å². The third-order valence-corrected chi connectivity index (χ3v) is 2.55. The molecule has 5 N–H and O–H groups in total. The standard InChI is InChI=1S/C15H12N2O2/c16-12-6-3-10(4-7-12)1-2-11-5-8-14(17)13(9-11)15(18)19/h3-9H,16-17H2,(H,18,19). The fourth-order valence-corrected chi connectivity index (χ4v) is 1.53. The number of benzene rings is 2. The SMILES string of the molecule is Nc1ccc(C#Cc2ccc(N)c(C(=O)O)c2)cc1. The van der Waals surface area contributed by atoms with Crippen LogP contribution in [0.3, 0.4) is 0 Å². The van der Waals surface area contributed by atoms with Crippen LogP contribution in [-0.4, -0.2) is 11.1 Å². The maximum Gasteiger partial charge on any atom is 0.337 e. The Balaban J connectivity index is 2.32. The van der Waals surface area contributed by atoms with Crippen LogP contribution in [0.5, 0.6) is 0 Å². The van der Waals surface area contributed by atoms with E-state index in [2.05, 4.69) is 11.8 Å². The highest BCUT2D eigenvalue weighted by Crippen LogP contribution is 2.13. The summed E-state index contributed by atoms with van der Waals surface area (Å²) in [4.78, 5) is 10.9. The van der Waals surface area contributed by atoms with Gasteiger partial charge in [-0.25, -0.2) is 4.79 Å². The van der Waals surface area contributed by atoms with Gasteiger partial charge in [0.25, 0.3) is 0 Å². The van der Waals surface area contributed by atoms with E-state index in [9.17, 15) is 4.79 Å². The van der Waals surface area contributed by atoms with Crippen molar-refractivity contribution in [3.63, 3.8) is 0 Å². The van der Waals surface area contributed by atoms with Crippen LogP contribution in [-0.2, 0) is 0 Å². The fourth-order valence-electron chi connectivity index (χ4n) is 1.53. The van der Waals surface area contributed by atoms with E-state index >= 15 is 0 Å². The van der Waals surface area contributed by atoms with Crippen molar-refractivity contribution in [1.82, 2.24) is 0 Å². The molecule has 0 amide bonds. The quantitative estimate of drug-likeness (QED) is 0.534. The topological polar surface area (TPSA) is 89.3 Å². The third-order valence-electron chi connectivity index (χ3n) is 2.55. The van der Waals surface area contributed by atoms with Crippen molar-refractivity contribution in [2.45, 2.75) is 0 Å². The molecule has 0 radical (unpaired) electrons. The van der Waals surface area contributed by atoms with E-state index in [1.807, 2.05) is 0 Å². The molecule has 0 aliphatic heterocycles. The second-order valence-electron chi connectivity index (χ2n) is 3.98. The normalized spacial score (nSPS) is 9.47. The third kappa shape index (κ3) is 3.05. The zero-order chi connectivity index (χ0) is 13.8. The maximum absolute atomic E-state index is 10.9. The number of hydrogen-bond donors (Lipinski definition) is 3. The summed E-state index contributed by atoms with van der Waals surface area (Å²) in [5.74, 6) is 4.77. The summed E-state index contributed by atoms with van der Waals surface area (Å²) in [5.41, 5.74) is 13.5. The number of carboxylic acid groups (broad SMARTS) is 1. The Bertz CT molecular complexity index is 680. The molecule has 0 spiro atoms. The highest BCUT2D eigenvalue weighted by atomic mass is 16.4. The van der Waals surface area contributed by atoms with Crippen molar-refractivity contribution in [2.75, 3.05) is 11.5 Å². The Labute approximate surface area is 110 Å². The van der Waals surface area contributed by atoms with E-state index in [-0.39, 0.29) is 11.3 Å². The minimum Gasteiger partial charge on any atom is -0.478 e. The predicted molar refractivity (Wildman–Crippen MR) is 74.6 cm³/mol. The Kier molecular flexibility index (Phi) is 3.39. The lowest BCUT2D eigenvalue weighted by atomic mass is 10.1. The van der Waals surface area contributed by atoms with E-state index in [1.54, 1.807) is 30.3 Å². The molecule has 0 atom stereocenters. The maximum atomic E-state index is 10.9. The molecule has 2 aromatic carbocycles. The zero-order valence-corrected chi connectivity index (χ0v) is 10.1. The molecule has 0 bridgehead atoms. The number of hydrogen-bond acceptors (Lipinski definition) is 3. The largest absolute Gasteiger partial charge is 0.478 e. The summed E-state index contributed by atoms with van der Waals surface area (Å²) >= 11 is 0. The fraction of sp³-hybridized carbons (Fsp3) is 0. The average Bonchev–Trinajstić information content (AvgIpc) is 2.39. The molecule has 0 fully saturated rings. The van der Waals surface area contributed by atoms with Crippen molar-refractivity contribution in [1.29, 1.82) is 0 Å². The summed E-state index contributed by atoms with van der Waals surface area (Å²) < 4.78 is 0. The van der Waals surface area contributed by atoms with Crippen molar-refractivity contribution >= 4 is 17.3 Å². The number of anilines is 2. The van der Waals surface area contributed by atoms with Gasteiger partial charge in [0, 0.05) is 22.5 Å². The van der Waals surface area contributed by atoms with E-state index in [4.69, 9.17) is 16.6 Å². The first-order chi connectivity index (χ1) is 9.06. The van der Waals surface area contributed by atoms with Gasteiger partial charge in [-0.05, 0) is 42.5 Å². The minimum absolute atomic E-state index is 0.0594.